The maximum absolute atomic E-state index is 12.4. The van der Waals surface area contributed by atoms with Crippen LogP contribution < -0.4 is 5.32 Å². The summed E-state index contributed by atoms with van der Waals surface area (Å²) < 4.78 is 48.3. The molecule has 0 aromatic carbocycles. The molecule has 0 rings (SSSR count). The molecule has 1 atom stereocenters. The molecule has 5 nitrogen and oxygen atoms in total. The van der Waals surface area contributed by atoms with Crippen LogP contribution in [-0.4, -0.2) is 46.6 Å². The van der Waals surface area contributed by atoms with Gasteiger partial charge in [-0.2, -0.15) is 8.78 Å². The highest BCUT2D eigenvalue weighted by Gasteiger charge is 2.49. The van der Waals surface area contributed by atoms with Crippen molar-refractivity contribution >= 4 is 11.9 Å². The number of carboxylic acids is 1. The lowest BCUT2D eigenvalue weighted by molar-refractivity contribution is -0.170. The molecule has 0 spiro atoms. The minimum absolute atomic E-state index is 0.826. The number of alkyl halides is 4. The van der Waals surface area contributed by atoms with Crippen LogP contribution in [0.25, 0.3) is 0 Å². The molecule has 0 aromatic heterocycles. The molecule has 0 fully saturated rings. The van der Waals surface area contributed by atoms with E-state index in [1.165, 1.54) is 5.32 Å². The standard InChI is InChI=1S/C8H11F4NO4/c1-7(17,2-4(14)15)3-13-6(16)8(11,12)5(9)10/h5,17H,2-3H2,1H3,(H,13,16)(H,14,15). The second-order valence-corrected chi connectivity index (χ2v) is 3.67. The molecule has 0 saturated heterocycles. The quantitative estimate of drug-likeness (QED) is 0.597. The van der Waals surface area contributed by atoms with Crippen molar-refractivity contribution in [1.29, 1.82) is 0 Å². The number of aliphatic hydroxyl groups is 1. The number of hydrogen-bond acceptors (Lipinski definition) is 3. The molecule has 100 valence electrons. The van der Waals surface area contributed by atoms with Crippen molar-refractivity contribution in [2.45, 2.75) is 31.3 Å². The van der Waals surface area contributed by atoms with E-state index in [1.807, 2.05) is 0 Å². The van der Waals surface area contributed by atoms with E-state index in [4.69, 9.17) is 5.11 Å². The lowest BCUT2D eigenvalue weighted by Gasteiger charge is -2.23. The molecule has 0 aliphatic heterocycles. The van der Waals surface area contributed by atoms with Gasteiger partial charge in [0.05, 0.1) is 12.0 Å². The Morgan fingerprint density at radius 1 is 1.35 bits per heavy atom. The van der Waals surface area contributed by atoms with Crippen LogP contribution in [0.4, 0.5) is 17.6 Å². The van der Waals surface area contributed by atoms with Gasteiger partial charge < -0.3 is 15.5 Å². The van der Waals surface area contributed by atoms with Gasteiger partial charge in [-0.1, -0.05) is 0 Å². The number of carbonyl (C=O) groups is 2. The van der Waals surface area contributed by atoms with Crippen LogP contribution in [0.15, 0.2) is 0 Å². The van der Waals surface area contributed by atoms with E-state index in [-0.39, 0.29) is 0 Å². The zero-order chi connectivity index (χ0) is 13.9. The molecule has 0 aliphatic carbocycles. The number of carbonyl (C=O) groups excluding carboxylic acids is 1. The third-order valence-corrected chi connectivity index (χ3v) is 1.74. The second-order valence-electron chi connectivity index (χ2n) is 3.67. The van der Waals surface area contributed by atoms with Crippen molar-refractivity contribution in [2.24, 2.45) is 0 Å². The first-order valence-corrected chi connectivity index (χ1v) is 4.37. The first kappa shape index (κ1) is 15.6. The van der Waals surface area contributed by atoms with Crippen LogP contribution in [0.5, 0.6) is 0 Å². The van der Waals surface area contributed by atoms with Crippen LogP contribution in [0, 0.1) is 0 Å². The number of halogens is 4. The lowest BCUT2D eigenvalue weighted by Crippen LogP contribution is -2.50. The number of nitrogens with one attached hydrogen (secondary N) is 1. The number of carboxylic acid groups (broad SMARTS) is 1. The molecule has 1 amide bonds. The van der Waals surface area contributed by atoms with Crippen molar-refractivity contribution < 1.29 is 37.4 Å². The van der Waals surface area contributed by atoms with Gasteiger partial charge in [0.25, 0.3) is 5.91 Å². The van der Waals surface area contributed by atoms with E-state index in [0.717, 1.165) is 6.92 Å². The SMILES string of the molecule is CC(O)(CNC(=O)C(F)(F)C(F)F)CC(=O)O. The van der Waals surface area contributed by atoms with Gasteiger partial charge in [-0.05, 0) is 6.92 Å². The summed E-state index contributed by atoms with van der Waals surface area (Å²) in [4.78, 5) is 20.9. The first-order chi connectivity index (χ1) is 7.49. The maximum Gasteiger partial charge on any atom is 0.383 e. The van der Waals surface area contributed by atoms with E-state index in [9.17, 15) is 32.3 Å². The summed E-state index contributed by atoms with van der Waals surface area (Å²) in [6.45, 7) is 0.0857. The fourth-order valence-electron chi connectivity index (χ4n) is 0.876. The summed E-state index contributed by atoms with van der Waals surface area (Å²) in [7, 11) is 0. The van der Waals surface area contributed by atoms with Crippen molar-refractivity contribution in [3.8, 4) is 0 Å². The highest BCUT2D eigenvalue weighted by molar-refractivity contribution is 5.84. The van der Waals surface area contributed by atoms with Gasteiger partial charge in [-0.25, -0.2) is 8.78 Å². The molecule has 9 heteroatoms. The van der Waals surface area contributed by atoms with Crippen LogP contribution in [0.3, 0.4) is 0 Å². The smallest absolute Gasteiger partial charge is 0.383 e. The first-order valence-electron chi connectivity index (χ1n) is 4.37. The van der Waals surface area contributed by atoms with Crippen molar-refractivity contribution in [3.63, 3.8) is 0 Å². The largest absolute Gasteiger partial charge is 0.481 e. The molecular weight excluding hydrogens is 250 g/mol. The fraction of sp³-hybridized carbons (Fsp3) is 0.750. The van der Waals surface area contributed by atoms with E-state index in [2.05, 4.69) is 0 Å². The molecule has 0 aromatic rings. The molecular formula is C8H11F4NO4. The van der Waals surface area contributed by atoms with Gasteiger partial charge in [0.2, 0.25) is 0 Å². The Morgan fingerprint density at radius 3 is 2.18 bits per heavy atom. The summed E-state index contributed by atoms with van der Waals surface area (Å²) in [6, 6.07) is 0. The van der Waals surface area contributed by atoms with E-state index in [1.54, 1.807) is 0 Å². The minimum Gasteiger partial charge on any atom is -0.481 e. The second kappa shape index (κ2) is 5.30. The van der Waals surface area contributed by atoms with Crippen LogP contribution >= 0.6 is 0 Å². The number of rotatable bonds is 6. The molecule has 0 heterocycles. The number of aliphatic carboxylic acids is 1. The molecule has 0 saturated carbocycles. The Hall–Kier alpha value is -1.38. The van der Waals surface area contributed by atoms with Crippen molar-refractivity contribution in [3.05, 3.63) is 0 Å². The summed E-state index contributed by atoms with van der Waals surface area (Å²) in [5.41, 5.74) is -2.00. The highest BCUT2D eigenvalue weighted by atomic mass is 19.3. The molecule has 0 aliphatic rings. The summed E-state index contributed by atoms with van der Waals surface area (Å²) in [6.07, 6.45) is -5.00. The Morgan fingerprint density at radius 2 is 1.82 bits per heavy atom. The Labute approximate surface area is 93.4 Å². The van der Waals surface area contributed by atoms with Gasteiger partial charge >= 0.3 is 18.3 Å². The van der Waals surface area contributed by atoms with E-state index >= 15 is 0 Å². The predicted molar refractivity (Wildman–Crippen MR) is 46.8 cm³/mol. The third-order valence-electron chi connectivity index (χ3n) is 1.74. The Balaban J connectivity index is 4.39. The van der Waals surface area contributed by atoms with Gasteiger partial charge in [-0.15, -0.1) is 0 Å². The van der Waals surface area contributed by atoms with Gasteiger partial charge in [0.15, 0.2) is 0 Å². The molecule has 1 unspecified atom stereocenters. The minimum atomic E-state index is -4.88. The predicted octanol–water partition coefficient (Wildman–Crippen LogP) is 0.229. The zero-order valence-corrected chi connectivity index (χ0v) is 8.71. The third kappa shape index (κ3) is 4.98. The summed E-state index contributed by atoms with van der Waals surface area (Å²) >= 11 is 0. The van der Waals surface area contributed by atoms with Crippen molar-refractivity contribution in [2.75, 3.05) is 6.54 Å². The van der Waals surface area contributed by atoms with E-state index < -0.39 is 42.8 Å². The molecule has 17 heavy (non-hydrogen) atoms. The van der Waals surface area contributed by atoms with Crippen LogP contribution in [0.2, 0.25) is 0 Å². The summed E-state index contributed by atoms with van der Waals surface area (Å²) in [5.74, 6) is -8.57. The lowest BCUT2D eigenvalue weighted by atomic mass is 10.0. The topological polar surface area (TPSA) is 86.6 Å². The van der Waals surface area contributed by atoms with Gasteiger partial charge in [-0.3, -0.25) is 9.59 Å². The van der Waals surface area contributed by atoms with Gasteiger partial charge in [0, 0.05) is 6.54 Å². The van der Waals surface area contributed by atoms with Crippen LogP contribution in [-0.2, 0) is 9.59 Å². The average molecular weight is 261 g/mol. The molecule has 0 bridgehead atoms. The zero-order valence-electron chi connectivity index (χ0n) is 8.71. The van der Waals surface area contributed by atoms with Crippen molar-refractivity contribution in [1.82, 2.24) is 5.32 Å². The maximum atomic E-state index is 12.4. The Kier molecular flexibility index (Phi) is 4.87. The normalized spacial score (nSPS) is 15.5. The molecule has 3 N–H and O–H groups in total. The average Bonchev–Trinajstić information content (AvgIpc) is 2.11. The van der Waals surface area contributed by atoms with Gasteiger partial charge in [0.1, 0.15) is 0 Å². The monoisotopic (exact) mass is 261 g/mol. The number of hydrogen-bond donors (Lipinski definition) is 3. The van der Waals surface area contributed by atoms with Crippen LogP contribution in [0.1, 0.15) is 13.3 Å². The summed E-state index contributed by atoms with van der Waals surface area (Å²) in [5, 5.41) is 19.0. The number of amides is 1. The molecule has 0 radical (unpaired) electrons. The highest BCUT2D eigenvalue weighted by Crippen LogP contribution is 2.23. The Bertz CT molecular complexity index is 306. The fourth-order valence-corrected chi connectivity index (χ4v) is 0.876. The van der Waals surface area contributed by atoms with E-state index in [0.29, 0.717) is 0 Å².